The Bertz CT molecular complexity index is 1430. The van der Waals surface area contributed by atoms with E-state index >= 15 is 0 Å². The molecule has 10 heteroatoms. The molecule has 0 spiro atoms. The van der Waals surface area contributed by atoms with Crippen LogP contribution >= 0.6 is 0 Å². The number of carbonyl (C=O) groups excluding carboxylic acids is 3. The molecule has 38 heavy (non-hydrogen) atoms. The molecule has 1 fully saturated rings. The third kappa shape index (κ3) is 4.25. The Kier molecular flexibility index (Phi) is 6.79. The Morgan fingerprint density at radius 1 is 0.974 bits per heavy atom. The Labute approximate surface area is 220 Å². The smallest absolute Gasteiger partial charge is 0.277 e. The van der Waals surface area contributed by atoms with Crippen molar-refractivity contribution in [3.8, 4) is 17.2 Å². The number of anilines is 2. The molecule has 3 aromatic rings. The summed E-state index contributed by atoms with van der Waals surface area (Å²) in [7, 11) is 3.11. The predicted molar refractivity (Wildman–Crippen MR) is 143 cm³/mol. The Balaban J connectivity index is 1.60. The van der Waals surface area contributed by atoms with Crippen LogP contribution in [-0.4, -0.2) is 54.8 Å². The van der Waals surface area contributed by atoms with Gasteiger partial charge in [-0.25, -0.2) is 4.68 Å². The molecular formula is C28H31N5O5. The number of hydrogen-bond acceptors (Lipinski definition) is 6. The van der Waals surface area contributed by atoms with Crippen molar-refractivity contribution in [1.82, 2.24) is 9.78 Å². The lowest BCUT2D eigenvalue weighted by Gasteiger charge is -2.31. The van der Waals surface area contributed by atoms with E-state index < -0.39 is 5.91 Å². The molecule has 3 amide bonds. The van der Waals surface area contributed by atoms with Gasteiger partial charge in [0.15, 0.2) is 5.69 Å². The van der Waals surface area contributed by atoms with E-state index in [1.807, 2.05) is 25.1 Å². The highest BCUT2D eigenvalue weighted by atomic mass is 16.5. The number of nitrogens with two attached hydrogens (primary N) is 1. The van der Waals surface area contributed by atoms with Gasteiger partial charge >= 0.3 is 0 Å². The lowest BCUT2D eigenvalue weighted by Crippen LogP contribution is -2.39. The minimum atomic E-state index is -0.685. The molecule has 1 saturated heterocycles. The minimum Gasteiger partial charge on any atom is -0.497 e. The van der Waals surface area contributed by atoms with Gasteiger partial charge in [0.2, 0.25) is 5.91 Å². The van der Waals surface area contributed by atoms with Gasteiger partial charge in [0.05, 0.1) is 25.6 Å². The Morgan fingerprint density at radius 2 is 1.79 bits per heavy atom. The van der Waals surface area contributed by atoms with Crippen LogP contribution in [0, 0.1) is 0 Å². The van der Waals surface area contributed by atoms with E-state index in [9.17, 15) is 14.4 Å². The Morgan fingerprint density at radius 3 is 2.47 bits per heavy atom. The summed E-state index contributed by atoms with van der Waals surface area (Å²) in [6, 6.07) is 11.0. The fourth-order valence-electron chi connectivity index (χ4n) is 5.26. The van der Waals surface area contributed by atoms with Crippen LogP contribution in [0.25, 0.3) is 5.69 Å². The summed E-state index contributed by atoms with van der Waals surface area (Å²) in [5, 5.41) is 4.51. The molecular weight excluding hydrogens is 486 g/mol. The van der Waals surface area contributed by atoms with Crippen molar-refractivity contribution < 1.29 is 23.9 Å². The first-order chi connectivity index (χ1) is 18.4. The van der Waals surface area contributed by atoms with Gasteiger partial charge in [-0.3, -0.25) is 14.4 Å². The van der Waals surface area contributed by atoms with Crippen molar-refractivity contribution in [3.05, 3.63) is 58.9 Å². The number of rotatable bonds is 7. The van der Waals surface area contributed by atoms with Crippen molar-refractivity contribution in [2.75, 3.05) is 37.1 Å². The van der Waals surface area contributed by atoms with Crippen molar-refractivity contribution in [2.24, 2.45) is 5.73 Å². The van der Waals surface area contributed by atoms with Crippen LogP contribution in [0.4, 0.5) is 11.4 Å². The van der Waals surface area contributed by atoms with E-state index in [-0.39, 0.29) is 23.2 Å². The summed E-state index contributed by atoms with van der Waals surface area (Å²) in [6.45, 7) is 2.97. The van der Waals surface area contributed by atoms with E-state index in [4.69, 9.17) is 15.2 Å². The van der Waals surface area contributed by atoms with E-state index in [1.54, 1.807) is 42.2 Å². The first-order valence-electron chi connectivity index (χ1n) is 12.8. The van der Waals surface area contributed by atoms with Crippen LogP contribution in [0.15, 0.2) is 36.4 Å². The number of amides is 3. The number of piperidine rings is 1. The quantitative estimate of drug-likeness (QED) is 0.514. The van der Waals surface area contributed by atoms with Crippen LogP contribution in [-0.2, 0) is 17.6 Å². The molecule has 2 aromatic carbocycles. The number of nitrogens with zero attached hydrogens (tertiary/aromatic N) is 4. The van der Waals surface area contributed by atoms with Gasteiger partial charge in [0.1, 0.15) is 17.2 Å². The molecule has 0 radical (unpaired) electrons. The highest BCUT2D eigenvalue weighted by Crippen LogP contribution is 2.37. The number of aryl methyl sites for hydroxylation is 1. The number of benzene rings is 2. The van der Waals surface area contributed by atoms with E-state index in [2.05, 4.69) is 5.10 Å². The summed E-state index contributed by atoms with van der Waals surface area (Å²) in [6.07, 6.45) is 3.43. The SMILES string of the molecule is CCc1ccc(OC)cc1-n1nc(C(N)=O)c2c1C(=O)N(c1ccc(N3CCCCC3=O)cc1OC)CC2. The number of primary amides is 1. The van der Waals surface area contributed by atoms with E-state index in [1.165, 1.54) is 4.68 Å². The van der Waals surface area contributed by atoms with Crippen molar-refractivity contribution >= 4 is 29.1 Å². The van der Waals surface area contributed by atoms with Crippen LogP contribution in [0.3, 0.4) is 0 Å². The minimum absolute atomic E-state index is 0.0812. The maximum Gasteiger partial charge on any atom is 0.277 e. The summed E-state index contributed by atoms with van der Waals surface area (Å²) in [5.41, 5.74) is 9.47. The molecule has 3 heterocycles. The van der Waals surface area contributed by atoms with Crippen molar-refractivity contribution in [1.29, 1.82) is 0 Å². The molecule has 2 aliphatic heterocycles. The molecule has 0 saturated carbocycles. The molecule has 2 N–H and O–H groups in total. The topological polar surface area (TPSA) is 120 Å². The first-order valence-corrected chi connectivity index (χ1v) is 12.8. The Hall–Kier alpha value is -4.34. The predicted octanol–water partition coefficient (Wildman–Crippen LogP) is 3.27. The van der Waals surface area contributed by atoms with E-state index in [0.29, 0.717) is 60.8 Å². The average Bonchev–Trinajstić information content (AvgIpc) is 3.34. The normalized spacial score (nSPS) is 15.4. The maximum atomic E-state index is 14.1. The zero-order valence-electron chi connectivity index (χ0n) is 21.8. The van der Waals surface area contributed by atoms with Gasteiger partial charge in [-0.15, -0.1) is 0 Å². The van der Waals surface area contributed by atoms with Gasteiger partial charge in [0, 0.05) is 42.9 Å². The average molecular weight is 518 g/mol. The molecule has 5 rings (SSSR count). The van der Waals surface area contributed by atoms with Crippen LogP contribution in [0.2, 0.25) is 0 Å². The highest BCUT2D eigenvalue weighted by Gasteiger charge is 2.36. The van der Waals surface area contributed by atoms with E-state index in [0.717, 1.165) is 24.1 Å². The van der Waals surface area contributed by atoms with Gasteiger partial charge in [-0.1, -0.05) is 13.0 Å². The maximum absolute atomic E-state index is 14.1. The molecule has 0 aliphatic carbocycles. The molecule has 10 nitrogen and oxygen atoms in total. The number of hydrogen-bond donors (Lipinski definition) is 1. The van der Waals surface area contributed by atoms with Gasteiger partial charge < -0.3 is 25.0 Å². The summed E-state index contributed by atoms with van der Waals surface area (Å²) >= 11 is 0. The molecule has 2 aliphatic rings. The summed E-state index contributed by atoms with van der Waals surface area (Å²) < 4.78 is 12.6. The monoisotopic (exact) mass is 517 g/mol. The second-order valence-corrected chi connectivity index (χ2v) is 9.37. The van der Waals surface area contributed by atoms with Crippen LogP contribution in [0.5, 0.6) is 11.5 Å². The molecule has 0 atom stereocenters. The van der Waals surface area contributed by atoms with Crippen molar-refractivity contribution in [3.63, 3.8) is 0 Å². The molecule has 0 unspecified atom stereocenters. The number of carbonyl (C=O) groups is 3. The fourth-order valence-corrected chi connectivity index (χ4v) is 5.26. The second-order valence-electron chi connectivity index (χ2n) is 9.37. The third-order valence-electron chi connectivity index (χ3n) is 7.24. The van der Waals surface area contributed by atoms with Crippen molar-refractivity contribution in [2.45, 2.75) is 39.0 Å². The largest absolute Gasteiger partial charge is 0.497 e. The lowest BCUT2D eigenvalue weighted by atomic mass is 10.0. The molecule has 1 aromatic heterocycles. The van der Waals surface area contributed by atoms with Crippen LogP contribution in [0.1, 0.15) is 58.3 Å². The zero-order chi connectivity index (χ0) is 27.0. The lowest BCUT2D eigenvalue weighted by molar-refractivity contribution is -0.119. The zero-order valence-corrected chi connectivity index (χ0v) is 21.8. The first kappa shape index (κ1) is 25.3. The summed E-state index contributed by atoms with van der Waals surface area (Å²) in [5.74, 6) is 0.158. The van der Waals surface area contributed by atoms with Crippen LogP contribution < -0.4 is 25.0 Å². The van der Waals surface area contributed by atoms with Gasteiger partial charge in [0.25, 0.3) is 11.8 Å². The third-order valence-corrected chi connectivity index (χ3v) is 7.24. The fraction of sp³-hybridized carbons (Fsp3) is 0.357. The summed E-state index contributed by atoms with van der Waals surface area (Å²) in [4.78, 5) is 42.2. The number of ether oxygens (including phenoxy) is 2. The molecule has 0 bridgehead atoms. The second kappa shape index (κ2) is 10.2. The number of methoxy groups -OCH3 is 2. The molecule has 198 valence electrons. The van der Waals surface area contributed by atoms with Gasteiger partial charge in [-0.05, 0) is 49.4 Å². The standard InChI is InChI=1S/C28H31N5O5/c1-4-17-8-10-19(37-2)16-22(17)33-26-20(25(30-33)27(29)35)12-14-32(28(26)36)21-11-9-18(15-23(21)38-3)31-13-6-5-7-24(31)34/h8-11,15-16H,4-7,12-14H2,1-3H3,(H2,29,35). The van der Waals surface area contributed by atoms with Gasteiger partial charge in [-0.2, -0.15) is 5.10 Å². The highest BCUT2D eigenvalue weighted by molar-refractivity contribution is 6.10. The number of aromatic nitrogens is 2. The number of fused-ring (bicyclic) bond motifs is 1.